The van der Waals surface area contributed by atoms with Gasteiger partial charge in [0.05, 0.1) is 4.88 Å². The predicted molar refractivity (Wildman–Crippen MR) is 85.0 cm³/mol. The van der Waals surface area contributed by atoms with Gasteiger partial charge in [-0.2, -0.15) is 9.61 Å². The van der Waals surface area contributed by atoms with Crippen LogP contribution in [-0.4, -0.2) is 20.9 Å². The molecule has 0 radical (unpaired) electrons. The highest BCUT2D eigenvalue weighted by Gasteiger charge is 2.18. The third-order valence-electron chi connectivity index (χ3n) is 3.13. The van der Waals surface area contributed by atoms with Gasteiger partial charge in [0.1, 0.15) is 11.4 Å². The molecule has 0 atom stereocenters. The lowest BCUT2D eigenvalue weighted by Gasteiger charge is -1.97. The Morgan fingerprint density at radius 3 is 2.67 bits per heavy atom. The summed E-state index contributed by atoms with van der Waals surface area (Å²) in [5.41, 5.74) is 2.10. The SMILES string of the molecule is O=Cc1c(-c2ccccc2)nc2sc(-c3cccs3)nn12. The maximum Gasteiger partial charge on any atom is 0.213 e. The van der Waals surface area contributed by atoms with Crippen molar-refractivity contribution < 1.29 is 4.79 Å². The first-order chi connectivity index (χ1) is 10.4. The van der Waals surface area contributed by atoms with E-state index in [0.29, 0.717) is 11.4 Å². The van der Waals surface area contributed by atoms with Crippen LogP contribution in [0, 0.1) is 0 Å². The maximum absolute atomic E-state index is 11.5. The summed E-state index contributed by atoms with van der Waals surface area (Å²) in [5.74, 6) is 0. The van der Waals surface area contributed by atoms with Crippen LogP contribution >= 0.6 is 22.7 Å². The van der Waals surface area contributed by atoms with Crippen molar-refractivity contribution in [1.29, 1.82) is 0 Å². The Bertz CT molecular complexity index is 907. The Morgan fingerprint density at radius 2 is 1.95 bits per heavy atom. The fraction of sp³-hybridized carbons (Fsp3) is 0. The lowest BCUT2D eigenvalue weighted by Crippen LogP contribution is -1.93. The number of fused-ring (bicyclic) bond motifs is 1. The molecule has 0 bridgehead atoms. The molecule has 0 saturated heterocycles. The Kier molecular flexibility index (Phi) is 2.90. The summed E-state index contributed by atoms with van der Waals surface area (Å²) in [5, 5.41) is 7.42. The summed E-state index contributed by atoms with van der Waals surface area (Å²) in [4.78, 5) is 17.9. The Labute approximate surface area is 128 Å². The first-order valence-corrected chi connectivity index (χ1v) is 8.00. The van der Waals surface area contributed by atoms with Gasteiger partial charge in [0.15, 0.2) is 11.3 Å². The van der Waals surface area contributed by atoms with Gasteiger partial charge in [-0.15, -0.1) is 11.3 Å². The van der Waals surface area contributed by atoms with Gasteiger partial charge in [0, 0.05) is 5.56 Å². The monoisotopic (exact) mass is 311 g/mol. The molecular weight excluding hydrogens is 302 g/mol. The molecule has 3 heterocycles. The molecule has 0 amide bonds. The van der Waals surface area contributed by atoms with Crippen LogP contribution in [0.3, 0.4) is 0 Å². The van der Waals surface area contributed by atoms with E-state index in [0.717, 1.165) is 26.7 Å². The molecule has 4 nitrogen and oxygen atoms in total. The number of rotatable bonds is 3. The largest absolute Gasteiger partial charge is 0.296 e. The van der Waals surface area contributed by atoms with E-state index in [1.165, 1.54) is 11.3 Å². The maximum atomic E-state index is 11.5. The van der Waals surface area contributed by atoms with Gasteiger partial charge < -0.3 is 0 Å². The smallest absolute Gasteiger partial charge is 0.213 e. The van der Waals surface area contributed by atoms with Gasteiger partial charge in [0.25, 0.3) is 0 Å². The van der Waals surface area contributed by atoms with Gasteiger partial charge in [0.2, 0.25) is 4.96 Å². The Morgan fingerprint density at radius 1 is 1.10 bits per heavy atom. The van der Waals surface area contributed by atoms with Crippen LogP contribution in [0.2, 0.25) is 0 Å². The van der Waals surface area contributed by atoms with E-state index in [2.05, 4.69) is 10.1 Å². The summed E-state index contributed by atoms with van der Waals surface area (Å²) in [6, 6.07) is 13.7. The van der Waals surface area contributed by atoms with Gasteiger partial charge in [-0.1, -0.05) is 47.7 Å². The van der Waals surface area contributed by atoms with Crippen LogP contribution in [0.25, 0.3) is 26.1 Å². The number of hydrogen-bond donors (Lipinski definition) is 0. The molecule has 21 heavy (non-hydrogen) atoms. The molecule has 0 spiro atoms. The molecule has 0 aliphatic rings. The molecule has 102 valence electrons. The average Bonchev–Trinajstić information content (AvgIpc) is 3.22. The Hall–Kier alpha value is -2.31. The van der Waals surface area contributed by atoms with Crippen LogP contribution in [0.4, 0.5) is 0 Å². The highest BCUT2D eigenvalue weighted by molar-refractivity contribution is 7.23. The van der Waals surface area contributed by atoms with Crippen molar-refractivity contribution in [3.8, 4) is 21.1 Å². The van der Waals surface area contributed by atoms with E-state index in [1.807, 2.05) is 47.8 Å². The number of aromatic nitrogens is 3. The number of carbonyl (C=O) groups is 1. The highest BCUT2D eigenvalue weighted by atomic mass is 32.1. The molecule has 1 aromatic carbocycles. The molecule has 0 aliphatic carbocycles. The molecule has 4 rings (SSSR count). The molecular formula is C15H9N3OS2. The number of imidazole rings is 1. The third-order valence-corrected chi connectivity index (χ3v) is 5.08. The van der Waals surface area contributed by atoms with Crippen molar-refractivity contribution >= 4 is 33.9 Å². The second-order valence-corrected chi connectivity index (χ2v) is 6.31. The van der Waals surface area contributed by atoms with E-state index in [-0.39, 0.29) is 0 Å². The summed E-state index contributed by atoms with van der Waals surface area (Å²) < 4.78 is 1.63. The number of aldehydes is 1. The zero-order valence-electron chi connectivity index (χ0n) is 10.8. The molecule has 0 fully saturated rings. The van der Waals surface area contributed by atoms with Crippen molar-refractivity contribution in [2.75, 3.05) is 0 Å². The minimum absolute atomic E-state index is 0.496. The van der Waals surface area contributed by atoms with Crippen LogP contribution in [0.5, 0.6) is 0 Å². The fourth-order valence-corrected chi connectivity index (χ4v) is 3.88. The summed E-state index contributed by atoms with van der Waals surface area (Å²) in [6.07, 6.45) is 0.820. The summed E-state index contributed by atoms with van der Waals surface area (Å²) in [7, 11) is 0. The second-order valence-electron chi connectivity index (χ2n) is 4.41. The van der Waals surface area contributed by atoms with E-state index < -0.39 is 0 Å². The summed E-state index contributed by atoms with van der Waals surface area (Å²) in [6.45, 7) is 0. The van der Waals surface area contributed by atoms with Crippen molar-refractivity contribution in [2.24, 2.45) is 0 Å². The zero-order chi connectivity index (χ0) is 14.2. The second kappa shape index (κ2) is 4.91. The molecule has 0 saturated carbocycles. The van der Waals surface area contributed by atoms with E-state index in [9.17, 15) is 4.79 Å². The molecule has 0 unspecified atom stereocenters. The standard InChI is InChI=1S/C15H9N3OS2/c19-9-11-13(10-5-2-1-3-6-10)16-15-18(11)17-14(21-15)12-7-4-8-20-12/h1-9H. The molecule has 0 aliphatic heterocycles. The normalized spacial score (nSPS) is 11.0. The molecule has 6 heteroatoms. The first kappa shape index (κ1) is 12.4. The molecule has 3 aromatic heterocycles. The van der Waals surface area contributed by atoms with Crippen LogP contribution in [0.15, 0.2) is 47.8 Å². The lowest BCUT2D eigenvalue weighted by molar-refractivity contribution is 0.111. The van der Waals surface area contributed by atoms with Crippen molar-refractivity contribution in [3.05, 3.63) is 53.5 Å². The topological polar surface area (TPSA) is 47.3 Å². The van der Waals surface area contributed by atoms with Gasteiger partial charge in [-0.05, 0) is 11.4 Å². The van der Waals surface area contributed by atoms with E-state index in [4.69, 9.17) is 0 Å². The molecule has 4 aromatic rings. The van der Waals surface area contributed by atoms with Gasteiger partial charge >= 0.3 is 0 Å². The number of hydrogen-bond acceptors (Lipinski definition) is 5. The number of carbonyl (C=O) groups excluding carboxylic acids is 1. The van der Waals surface area contributed by atoms with Crippen LogP contribution in [0.1, 0.15) is 10.5 Å². The zero-order valence-corrected chi connectivity index (χ0v) is 12.4. The quantitative estimate of drug-likeness (QED) is 0.537. The third kappa shape index (κ3) is 2.00. The number of benzene rings is 1. The molecule has 0 N–H and O–H groups in total. The lowest BCUT2D eigenvalue weighted by atomic mass is 10.1. The van der Waals surface area contributed by atoms with Gasteiger partial charge in [-0.3, -0.25) is 4.79 Å². The summed E-state index contributed by atoms with van der Waals surface area (Å²) >= 11 is 3.12. The van der Waals surface area contributed by atoms with Crippen LogP contribution < -0.4 is 0 Å². The van der Waals surface area contributed by atoms with Crippen molar-refractivity contribution in [3.63, 3.8) is 0 Å². The first-order valence-electron chi connectivity index (χ1n) is 6.31. The minimum Gasteiger partial charge on any atom is -0.296 e. The fourth-order valence-electron chi connectivity index (χ4n) is 2.18. The minimum atomic E-state index is 0.496. The predicted octanol–water partition coefficient (Wildman–Crippen LogP) is 4.00. The number of thiophene rings is 1. The van der Waals surface area contributed by atoms with E-state index >= 15 is 0 Å². The van der Waals surface area contributed by atoms with Gasteiger partial charge in [-0.25, -0.2) is 4.98 Å². The van der Waals surface area contributed by atoms with Crippen molar-refractivity contribution in [2.45, 2.75) is 0 Å². The van der Waals surface area contributed by atoms with E-state index in [1.54, 1.807) is 15.9 Å². The average molecular weight is 311 g/mol. The van der Waals surface area contributed by atoms with Crippen LogP contribution in [-0.2, 0) is 0 Å². The highest BCUT2D eigenvalue weighted by Crippen LogP contribution is 2.32. The Balaban J connectivity index is 1.92. The number of nitrogens with zero attached hydrogens (tertiary/aromatic N) is 3. The van der Waals surface area contributed by atoms with Crippen molar-refractivity contribution in [1.82, 2.24) is 14.6 Å².